The number of para-hydroxylation sites is 1. The molecule has 120 valence electrons. The number of ether oxygens (including phenoxy) is 1. The maximum absolute atomic E-state index is 12.2. The van der Waals surface area contributed by atoms with Gasteiger partial charge in [-0.15, -0.1) is 0 Å². The highest BCUT2D eigenvalue weighted by Gasteiger charge is 2.03. The van der Waals surface area contributed by atoms with Crippen molar-refractivity contribution in [3.8, 4) is 0 Å². The molecule has 0 unspecified atom stereocenters. The van der Waals surface area contributed by atoms with Crippen molar-refractivity contribution in [1.29, 1.82) is 0 Å². The summed E-state index contributed by atoms with van der Waals surface area (Å²) in [6, 6.07) is 7.51. The summed E-state index contributed by atoms with van der Waals surface area (Å²) in [7, 11) is 1.57. The second-order valence-electron chi connectivity index (χ2n) is 4.62. The highest BCUT2D eigenvalue weighted by molar-refractivity contribution is 6.56. The molecule has 5 nitrogen and oxygen atoms in total. The maximum Gasteiger partial charge on any atom is 0.296 e. The SMILES string of the molecule is C=c1o/c(=C/C=C/c2ccccc2N=CCl)c(=O)n1CCOC. The Balaban J connectivity index is 2.31. The Hall–Kier alpha value is -2.37. The van der Waals surface area contributed by atoms with Gasteiger partial charge in [-0.2, -0.15) is 0 Å². The molecule has 0 amide bonds. The van der Waals surface area contributed by atoms with Crippen molar-refractivity contribution in [2.45, 2.75) is 6.54 Å². The van der Waals surface area contributed by atoms with Crippen LogP contribution in [0.2, 0.25) is 0 Å². The van der Waals surface area contributed by atoms with Gasteiger partial charge in [-0.05, 0) is 18.7 Å². The van der Waals surface area contributed by atoms with Crippen LogP contribution in [0, 0.1) is 0 Å². The molecule has 2 rings (SSSR count). The number of methoxy groups -OCH3 is 1. The number of benzene rings is 1. The summed E-state index contributed by atoms with van der Waals surface area (Å²) >= 11 is 5.52. The predicted molar refractivity (Wildman–Crippen MR) is 93.6 cm³/mol. The highest BCUT2D eigenvalue weighted by atomic mass is 35.5. The molecule has 6 heteroatoms. The summed E-state index contributed by atoms with van der Waals surface area (Å²) < 4.78 is 11.8. The van der Waals surface area contributed by atoms with Gasteiger partial charge in [0.2, 0.25) is 0 Å². The largest absolute Gasteiger partial charge is 0.436 e. The fourth-order valence-corrected chi connectivity index (χ4v) is 2.13. The minimum atomic E-state index is -0.233. The Morgan fingerprint density at radius 1 is 1.43 bits per heavy atom. The van der Waals surface area contributed by atoms with Gasteiger partial charge in [-0.1, -0.05) is 42.0 Å². The van der Waals surface area contributed by atoms with Crippen LogP contribution in [-0.2, 0) is 11.3 Å². The van der Waals surface area contributed by atoms with Crippen molar-refractivity contribution in [3.63, 3.8) is 0 Å². The molecule has 2 aromatic rings. The second-order valence-corrected chi connectivity index (χ2v) is 4.82. The lowest BCUT2D eigenvalue weighted by Gasteiger charge is -1.97. The minimum Gasteiger partial charge on any atom is -0.436 e. The monoisotopic (exact) mass is 332 g/mol. The fraction of sp³-hybridized carbons (Fsp3) is 0.176. The first-order chi connectivity index (χ1) is 11.2. The number of allylic oxidation sites excluding steroid dienone is 1. The molecule has 0 N–H and O–H groups in total. The van der Waals surface area contributed by atoms with Crippen LogP contribution in [-0.4, -0.2) is 24.0 Å². The van der Waals surface area contributed by atoms with Crippen LogP contribution >= 0.6 is 11.6 Å². The third-order valence-electron chi connectivity index (χ3n) is 3.15. The van der Waals surface area contributed by atoms with Crippen molar-refractivity contribution >= 4 is 41.7 Å². The normalized spacial score (nSPS) is 12.7. The van der Waals surface area contributed by atoms with E-state index in [1.165, 1.54) is 10.2 Å². The van der Waals surface area contributed by atoms with E-state index in [0.29, 0.717) is 18.7 Å². The highest BCUT2D eigenvalue weighted by Crippen LogP contribution is 2.19. The lowest BCUT2D eigenvalue weighted by Crippen LogP contribution is -2.32. The third-order valence-corrected chi connectivity index (χ3v) is 3.25. The van der Waals surface area contributed by atoms with Gasteiger partial charge in [0.25, 0.3) is 5.56 Å². The topological polar surface area (TPSA) is 56.7 Å². The first-order valence-electron chi connectivity index (χ1n) is 6.95. The Kier molecular flexibility index (Phi) is 6.14. The third kappa shape index (κ3) is 4.31. The van der Waals surface area contributed by atoms with Crippen LogP contribution < -0.4 is 16.5 Å². The number of rotatable bonds is 6. The summed E-state index contributed by atoms with van der Waals surface area (Å²) in [5.41, 5.74) is 3.12. The molecular formula is C17H17ClN2O3. The zero-order valence-corrected chi connectivity index (χ0v) is 13.5. The predicted octanol–water partition coefficient (Wildman–Crippen LogP) is 1.89. The minimum absolute atomic E-state index is 0.223. The molecule has 0 fully saturated rings. The summed E-state index contributed by atoms with van der Waals surface area (Å²) in [5.74, 6) is 0. The van der Waals surface area contributed by atoms with Crippen molar-refractivity contribution in [1.82, 2.24) is 4.57 Å². The molecule has 0 bridgehead atoms. The van der Waals surface area contributed by atoms with Crippen LogP contribution in [0.3, 0.4) is 0 Å². The Morgan fingerprint density at radius 2 is 2.22 bits per heavy atom. The Bertz CT molecular complexity index is 878. The zero-order valence-electron chi connectivity index (χ0n) is 12.7. The van der Waals surface area contributed by atoms with Crippen LogP contribution in [0.25, 0.3) is 18.7 Å². The molecule has 0 atom stereocenters. The molecule has 0 spiro atoms. The number of aliphatic imine (C=N–C) groups is 1. The van der Waals surface area contributed by atoms with E-state index in [4.69, 9.17) is 20.8 Å². The van der Waals surface area contributed by atoms with E-state index in [0.717, 1.165) is 11.3 Å². The molecule has 0 aliphatic carbocycles. The summed E-state index contributed by atoms with van der Waals surface area (Å²) in [5, 5.41) is 0. The van der Waals surface area contributed by atoms with E-state index in [2.05, 4.69) is 11.6 Å². The van der Waals surface area contributed by atoms with Crippen LogP contribution in [0.5, 0.6) is 0 Å². The lowest BCUT2D eigenvalue weighted by molar-refractivity contribution is 0.184. The molecule has 0 saturated heterocycles. The average Bonchev–Trinajstić information content (AvgIpc) is 2.81. The van der Waals surface area contributed by atoms with E-state index in [1.54, 1.807) is 19.3 Å². The quantitative estimate of drug-likeness (QED) is 0.759. The number of nitrogens with zero attached hydrogens (tertiary/aromatic N) is 2. The summed E-state index contributed by atoms with van der Waals surface area (Å²) in [6.07, 6.45) is 5.15. The number of hydrogen-bond donors (Lipinski definition) is 0. The Labute approximate surface area is 138 Å². The van der Waals surface area contributed by atoms with Crippen molar-refractivity contribution in [3.05, 3.63) is 57.2 Å². The van der Waals surface area contributed by atoms with E-state index in [1.807, 2.05) is 30.3 Å². The van der Waals surface area contributed by atoms with E-state index in [9.17, 15) is 4.79 Å². The molecule has 0 radical (unpaired) electrons. The number of aromatic nitrogens is 1. The van der Waals surface area contributed by atoms with Gasteiger partial charge < -0.3 is 9.15 Å². The number of oxazole rings is 1. The van der Waals surface area contributed by atoms with E-state index < -0.39 is 0 Å². The standard InChI is InChI=1S/C17H17ClN2O3/c1-13-20(10-11-22-2)17(21)16(23-13)9-5-7-14-6-3-4-8-15(14)19-12-18/h3-9,12H,1,10-11H2,2H3/b7-5+,16-9+,19-12?. The average molecular weight is 333 g/mol. The molecule has 0 saturated carbocycles. The Morgan fingerprint density at radius 3 is 2.96 bits per heavy atom. The fourth-order valence-electron chi connectivity index (χ4n) is 2.02. The van der Waals surface area contributed by atoms with Crippen molar-refractivity contribution < 1.29 is 9.15 Å². The van der Waals surface area contributed by atoms with Gasteiger partial charge in [0.1, 0.15) is 0 Å². The van der Waals surface area contributed by atoms with Gasteiger partial charge in [-0.25, -0.2) is 4.99 Å². The van der Waals surface area contributed by atoms with Gasteiger partial charge in [0, 0.05) is 12.7 Å². The van der Waals surface area contributed by atoms with Crippen molar-refractivity contribution in [2.24, 2.45) is 4.99 Å². The zero-order chi connectivity index (χ0) is 16.7. The second kappa shape index (κ2) is 8.31. The molecule has 23 heavy (non-hydrogen) atoms. The molecular weight excluding hydrogens is 316 g/mol. The number of halogens is 1. The lowest BCUT2D eigenvalue weighted by atomic mass is 10.1. The maximum atomic E-state index is 12.2. The van der Waals surface area contributed by atoms with Crippen LogP contribution in [0.1, 0.15) is 5.56 Å². The molecule has 1 heterocycles. The summed E-state index contributed by atoms with van der Waals surface area (Å²) in [6.45, 7) is 4.55. The number of hydrogen-bond acceptors (Lipinski definition) is 4. The molecule has 1 aromatic heterocycles. The summed E-state index contributed by atoms with van der Waals surface area (Å²) in [4.78, 5) is 16.2. The molecule has 0 aliphatic heterocycles. The van der Waals surface area contributed by atoms with Crippen LogP contribution in [0.4, 0.5) is 5.69 Å². The van der Waals surface area contributed by atoms with E-state index >= 15 is 0 Å². The first kappa shape index (κ1) is 17.0. The van der Waals surface area contributed by atoms with E-state index in [-0.39, 0.29) is 11.0 Å². The first-order valence-corrected chi connectivity index (χ1v) is 7.38. The van der Waals surface area contributed by atoms with Crippen LogP contribution in [0.15, 0.2) is 44.5 Å². The molecule has 1 aromatic carbocycles. The van der Waals surface area contributed by atoms with Crippen molar-refractivity contribution in [2.75, 3.05) is 13.7 Å². The smallest absolute Gasteiger partial charge is 0.296 e. The van der Waals surface area contributed by atoms with Gasteiger partial charge in [0.05, 0.1) is 24.5 Å². The van der Waals surface area contributed by atoms with Gasteiger partial charge in [0.15, 0.2) is 11.0 Å². The van der Waals surface area contributed by atoms with Gasteiger partial charge >= 0.3 is 0 Å². The molecule has 0 aliphatic rings. The van der Waals surface area contributed by atoms with Gasteiger partial charge in [-0.3, -0.25) is 9.36 Å².